The summed E-state index contributed by atoms with van der Waals surface area (Å²) in [6.07, 6.45) is 1.57. The van der Waals surface area contributed by atoms with Gasteiger partial charge in [-0.25, -0.2) is 0 Å². The second kappa shape index (κ2) is 8.97. The van der Waals surface area contributed by atoms with E-state index in [0.717, 1.165) is 5.56 Å². The number of thioether (sulfide) groups is 1. The lowest BCUT2D eigenvalue weighted by Crippen LogP contribution is -2.02. The summed E-state index contributed by atoms with van der Waals surface area (Å²) in [5.41, 5.74) is 1.75. The van der Waals surface area contributed by atoms with Crippen molar-refractivity contribution in [1.82, 2.24) is 24.7 Å². The van der Waals surface area contributed by atoms with Gasteiger partial charge in [-0.15, -0.1) is 10.2 Å². The zero-order valence-electron chi connectivity index (χ0n) is 17.4. The normalized spacial score (nSPS) is 11.5. The van der Waals surface area contributed by atoms with Crippen molar-refractivity contribution in [2.45, 2.75) is 31.8 Å². The molecule has 10 nitrogen and oxygen atoms in total. The predicted molar refractivity (Wildman–Crippen MR) is 121 cm³/mol. The number of hydrogen-bond donors (Lipinski definition) is 0. The van der Waals surface area contributed by atoms with E-state index >= 15 is 0 Å². The van der Waals surface area contributed by atoms with Gasteiger partial charge in [-0.05, 0) is 45.0 Å². The maximum atomic E-state index is 11.2. The van der Waals surface area contributed by atoms with Crippen molar-refractivity contribution >= 4 is 35.3 Å². The molecule has 0 radical (unpaired) electrons. The molecule has 0 spiro atoms. The summed E-state index contributed by atoms with van der Waals surface area (Å²) in [5.74, 6) is 2.14. The number of aryl methyl sites for hydroxylation is 2. The summed E-state index contributed by atoms with van der Waals surface area (Å²) in [7, 11) is 0. The van der Waals surface area contributed by atoms with Gasteiger partial charge in [-0.2, -0.15) is 14.9 Å². The molecule has 0 unspecified atom stereocenters. The Kier molecular flexibility index (Phi) is 6.10. The molecule has 0 aliphatic rings. The average Bonchev–Trinajstić information content (AvgIpc) is 3.43. The van der Waals surface area contributed by atoms with E-state index < -0.39 is 4.92 Å². The fourth-order valence-electron chi connectivity index (χ4n) is 3.09. The Morgan fingerprint density at radius 2 is 2.06 bits per heavy atom. The summed E-state index contributed by atoms with van der Waals surface area (Å²) in [4.78, 5) is 10.8. The van der Waals surface area contributed by atoms with Crippen LogP contribution in [0.3, 0.4) is 0 Å². The number of benzene rings is 1. The minimum Gasteiger partial charge on any atom is -0.455 e. The van der Waals surface area contributed by atoms with Crippen LogP contribution in [-0.4, -0.2) is 35.8 Å². The summed E-state index contributed by atoms with van der Waals surface area (Å²) in [6, 6.07) is 11.0. The van der Waals surface area contributed by atoms with Gasteiger partial charge in [-0.3, -0.25) is 14.8 Å². The summed E-state index contributed by atoms with van der Waals surface area (Å²) in [6.45, 7) is 5.06. The van der Waals surface area contributed by atoms with Crippen molar-refractivity contribution in [3.63, 3.8) is 0 Å². The molecule has 0 atom stereocenters. The van der Waals surface area contributed by atoms with Crippen LogP contribution >= 0.6 is 23.4 Å². The van der Waals surface area contributed by atoms with Crippen molar-refractivity contribution in [2.24, 2.45) is 5.10 Å². The van der Waals surface area contributed by atoms with Gasteiger partial charge in [0.05, 0.1) is 17.0 Å². The number of nitro groups is 1. The Hall–Kier alpha value is -3.44. The van der Waals surface area contributed by atoms with Crippen molar-refractivity contribution < 1.29 is 9.34 Å². The molecule has 0 bridgehead atoms. The lowest BCUT2D eigenvalue weighted by atomic mass is 10.2. The van der Waals surface area contributed by atoms with E-state index in [2.05, 4.69) is 20.4 Å². The lowest BCUT2D eigenvalue weighted by molar-refractivity contribution is -0.386. The van der Waals surface area contributed by atoms with E-state index in [0.29, 0.717) is 44.8 Å². The lowest BCUT2D eigenvalue weighted by Gasteiger charge is -2.03. The molecular weight excluding hydrogens is 454 g/mol. The Morgan fingerprint density at radius 1 is 1.25 bits per heavy atom. The van der Waals surface area contributed by atoms with E-state index in [-0.39, 0.29) is 5.69 Å². The van der Waals surface area contributed by atoms with Gasteiger partial charge in [0.15, 0.2) is 5.82 Å². The molecule has 3 aromatic heterocycles. The third-order valence-electron chi connectivity index (χ3n) is 4.65. The molecule has 12 heteroatoms. The van der Waals surface area contributed by atoms with Gasteiger partial charge >= 0.3 is 5.69 Å². The topological polar surface area (TPSA) is 117 Å². The number of nitrogens with zero attached hydrogens (tertiary/aromatic N) is 7. The molecule has 0 aliphatic carbocycles. The van der Waals surface area contributed by atoms with Crippen molar-refractivity contribution in [3.05, 3.63) is 74.5 Å². The Labute approximate surface area is 192 Å². The monoisotopic (exact) mass is 471 g/mol. The standard InChI is InChI=1S/C20H18ClN7O3S/c1-12-19(28(29)30)13(2)26(25-12)11-32-20-24-23-14(3)27(20)22-10-17-7-8-18(31-17)15-5-4-6-16(21)9-15/h4-10H,11H2,1-3H3. The SMILES string of the molecule is Cc1nn(CSc2nnc(C)n2N=Cc2ccc(-c3cccc(Cl)c3)o2)c(C)c1[N+](=O)[O-]. The quantitative estimate of drug-likeness (QED) is 0.163. The van der Waals surface area contributed by atoms with Crippen LogP contribution in [0.5, 0.6) is 0 Å². The highest BCUT2D eigenvalue weighted by molar-refractivity contribution is 7.98. The number of furan rings is 1. The van der Waals surface area contributed by atoms with Crippen LogP contribution in [0.1, 0.15) is 23.0 Å². The smallest absolute Gasteiger partial charge is 0.312 e. The summed E-state index contributed by atoms with van der Waals surface area (Å²) >= 11 is 7.36. The first-order chi connectivity index (χ1) is 15.3. The summed E-state index contributed by atoms with van der Waals surface area (Å²) in [5, 5.41) is 29.2. The first-order valence-corrected chi connectivity index (χ1v) is 10.8. The van der Waals surface area contributed by atoms with Crippen LogP contribution in [0.4, 0.5) is 5.69 Å². The van der Waals surface area contributed by atoms with Crippen molar-refractivity contribution in [3.8, 4) is 11.3 Å². The fourth-order valence-corrected chi connectivity index (χ4v) is 4.17. The second-order valence-electron chi connectivity index (χ2n) is 6.85. The maximum Gasteiger partial charge on any atom is 0.312 e. The number of aromatic nitrogens is 5. The first kappa shape index (κ1) is 21.8. The van der Waals surface area contributed by atoms with Gasteiger partial charge in [0, 0.05) is 10.6 Å². The number of halogens is 1. The Bertz CT molecular complexity index is 1320. The van der Waals surface area contributed by atoms with Gasteiger partial charge in [0.2, 0.25) is 5.16 Å². The molecule has 0 saturated carbocycles. The highest BCUT2D eigenvalue weighted by Crippen LogP contribution is 2.26. The predicted octanol–water partition coefficient (Wildman–Crippen LogP) is 4.85. The van der Waals surface area contributed by atoms with Crippen molar-refractivity contribution in [1.29, 1.82) is 0 Å². The van der Waals surface area contributed by atoms with E-state index in [1.807, 2.05) is 24.3 Å². The molecule has 3 heterocycles. The number of rotatable bonds is 7. The molecule has 0 saturated heterocycles. The van der Waals surface area contributed by atoms with Crippen LogP contribution in [0.2, 0.25) is 5.02 Å². The van der Waals surface area contributed by atoms with Crippen LogP contribution in [0, 0.1) is 30.9 Å². The molecule has 0 amide bonds. The van der Waals surface area contributed by atoms with Gasteiger partial charge in [0.1, 0.15) is 22.9 Å². The molecule has 4 rings (SSSR count). The Morgan fingerprint density at radius 3 is 2.78 bits per heavy atom. The zero-order chi connectivity index (χ0) is 22.8. The Balaban J connectivity index is 1.51. The second-order valence-corrected chi connectivity index (χ2v) is 8.20. The highest BCUT2D eigenvalue weighted by Gasteiger charge is 2.22. The summed E-state index contributed by atoms with van der Waals surface area (Å²) < 4.78 is 8.98. The zero-order valence-corrected chi connectivity index (χ0v) is 19.0. The van der Waals surface area contributed by atoms with Crippen LogP contribution in [-0.2, 0) is 5.88 Å². The largest absolute Gasteiger partial charge is 0.455 e. The molecular formula is C20H18ClN7O3S. The van der Waals surface area contributed by atoms with Gasteiger partial charge < -0.3 is 4.42 Å². The molecule has 1 aromatic carbocycles. The molecule has 0 fully saturated rings. The molecule has 0 aliphatic heterocycles. The highest BCUT2D eigenvalue weighted by atomic mass is 35.5. The fraction of sp³-hybridized carbons (Fsp3) is 0.200. The minimum absolute atomic E-state index is 0.0228. The molecule has 4 aromatic rings. The van der Waals surface area contributed by atoms with E-state index in [1.165, 1.54) is 11.8 Å². The van der Waals surface area contributed by atoms with E-state index in [4.69, 9.17) is 16.0 Å². The molecule has 164 valence electrons. The molecule has 0 N–H and O–H groups in total. The van der Waals surface area contributed by atoms with E-state index in [1.54, 1.807) is 48.5 Å². The van der Waals surface area contributed by atoms with Crippen LogP contribution in [0.25, 0.3) is 11.3 Å². The average molecular weight is 472 g/mol. The van der Waals surface area contributed by atoms with Gasteiger partial charge in [0.25, 0.3) is 0 Å². The van der Waals surface area contributed by atoms with Crippen molar-refractivity contribution in [2.75, 3.05) is 0 Å². The molecule has 32 heavy (non-hydrogen) atoms. The third-order valence-corrected chi connectivity index (χ3v) is 5.77. The van der Waals surface area contributed by atoms with Gasteiger partial charge in [-0.1, -0.05) is 35.5 Å². The maximum absolute atomic E-state index is 11.2. The number of hydrogen-bond acceptors (Lipinski definition) is 8. The minimum atomic E-state index is -0.420. The first-order valence-electron chi connectivity index (χ1n) is 9.47. The van der Waals surface area contributed by atoms with E-state index in [9.17, 15) is 10.1 Å². The van der Waals surface area contributed by atoms with Crippen LogP contribution in [0.15, 0.2) is 51.1 Å². The van der Waals surface area contributed by atoms with Crippen LogP contribution < -0.4 is 0 Å². The third kappa shape index (κ3) is 4.43.